The molecule has 1 aromatic heterocycles. The van der Waals surface area contributed by atoms with Crippen molar-refractivity contribution in [2.24, 2.45) is 4.99 Å². The van der Waals surface area contributed by atoms with Gasteiger partial charge in [0.2, 0.25) is 0 Å². The summed E-state index contributed by atoms with van der Waals surface area (Å²) in [6.07, 6.45) is 5.45. The summed E-state index contributed by atoms with van der Waals surface area (Å²) in [7, 11) is 1.55. The maximum atomic E-state index is 13.0. The third-order valence-electron chi connectivity index (χ3n) is 6.88. The van der Waals surface area contributed by atoms with Crippen LogP contribution in [0.5, 0.6) is 5.75 Å². The Balaban J connectivity index is 1.38. The number of pyridine rings is 1. The number of methoxy groups -OCH3 is 1. The molecule has 10 nitrogen and oxygen atoms in total. The molecule has 37 heavy (non-hydrogen) atoms. The highest BCUT2D eigenvalue weighted by Crippen LogP contribution is 2.30. The number of carbonyl (C=O) groups excluding carboxylic acids is 3. The van der Waals surface area contributed by atoms with Crippen LogP contribution in [0, 0.1) is 11.8 Å². The van der Waals surface area contributed by atoms with Crippen molar-refractivity contribution in [3.63, 3.8) is 0 Å². The van der Waals surface area contributed by atoms with Crippen LogP contribution in [0.25, 0.3) is 0 Å². The minimum atomic E-state index is -1.48. The van der Waals surface area contributed by atoms with Crippen LogP contribution in [0.1, 0.15) is 34.8 Å². The molecule has 10 heteroatoms. The summed E-state index contributed by atoms with van der Waals surface area (Å²) < 4.78 is 5.23. The van der Waals surface area contributed by atoms with Crippen molar-refractivity contribution in [3.8, 4) is 17.6 Å². The average molecular weight is 499 g/mol. The lowest BCUT2D eigenvalue weighted by atomic mass is 9.80. The van der Waals surface area contributed by atoms with Gasteiger partial charge in [0.05, 0.1) is 13.7 Å². The number of allylic oxidation sites excluding steroid dienone is 1. The first-order valence-corrected chi connectivity index (χ1v) is 11.8. The van der Waals surface area contributed by atoms with Crippen LogP contribution in [-0.4, -0.2) is 59.7 Å². The quantitative estimate of drug-likeness (QED) is 0.423. The van der Waals surface area contributed by atoms with Crippen molar-refractivity contribution in [2.75, 3.05) is 25.9 Å². The predicted molar refractivity (Wildman–Crippen MR) is 137 cm³/mol. The number of hydrogen-bond acceptors (Lipinski definition) is 7. The number of nitrogens with one attached hydrogen (secondary N) is 2. The lowest BCUT2D eigenvalue weighted by molar-refractivity contribution is -0.122. The van der Waals surface area contributed by atoms with Crippen molar-refractivity contribution in [3.05, 3.63) is 64.9 Å². The number of amides is 4. The van der Waals surface area contributed by atoms with E-state index in [9.17, 15) is 14.4 Å². The summed E-state index contributed by atoms with van der Waals surface area (Å²) in [6, 6.07) is 8.38. The Hall–Kier alpha value is -4.65. The fourth-order valence-electron chi connectivity index (χ4n) is 4.69. The number of aromatic nitrogens is 1. The molecule has 4 N–H and O–H groups in total. The molecule has 1 saturated heterocycles. The number of hydrogen-bond donors (Lipinski definition) is 3. The van der Waals surface area contributed by atoms with Gasteiger partial charge < -0.3 is 20.7 Å². The number of ether oxygens (including phenoxy) is 1. The van der Waals surface area contributed by atoms with Gasteiger partial charge in [-0.1, -0.05) is 37.0 Å². The molecule has 3 aliphatic rings. The number of anilines is 1. The fraction of sp³-hybridized carbons (Fsp3) is 0.296. The number of carbonyl (C=O) groups is 3. The van der Waals surface area contributed by atoms with Crippen LogP contribution >= 0.6 is 0 Å². The van der Waals surface area contributed by atoms with Crippen LogP contribution in [0.2, 0.25) is 0 Å². The molecule has 0 radical (unpaired) electrons. The standard InChI is InChI=1S/C27H26N6O4/c1-26(19-4-6-22(28)30-14-19)12-17(13-29-16-26)7-8-27(24(35)31-25(36)32-27)9-10-33-15-18-3-5-20(37-2)11-21(18)23(33)34/h3-6,11-14H,9-10,15-16H2,1-2H3,(H2,28,30)(H2,31,32,35,36). The SMILES string of the molecule is COc1ccc2c(c1)C(=O)N(CCC1(C#CC3=CC(C)(c4ccc(N)nc4)CN=C3)NC(=O)NC1=O)C2. The molecule has 0 spiro atoms. The minimum absolute atomic E-state index is 0.123. The average Bonchev–Trinajstić information content (AvgIpc) is 3.36. The molecular formula is C27H26N6O4. The van der Waals surface area contributed by atoms with Crippen molar-refractivity contribution in [1.29, 1.82) is 0 Å². The van der Waals surface area contributed by atoms with E-state index in [1.807, 2.05) is 25.1 Å². The number of fused-ring (bicyclic) bond motifs is 1. The van der Waals surface area contributed by atoms with E-state index in [0.29, 0.717) is 35.8 Å². The highest BCUT2D eigenvalue weighted by Gasteiger charge is 2.46. The molecule has 0 aliphatic carbocycles. The fourth-order valence-corrected chi connectivity index (χ4v) is 4.69. The maximum Gasteiger partial charge on any atom is 0.323 e. The third-order valence-corrected chi connectivity index (χ3v) is 6.88. The Kier molecular flexibility index (Phi) is 5.91. The van der Waals surface area contributed by atoms with Gasteiger partial charge in [0.15, 0.2) is 5.54 Å². The van der Waals surface area contributed by atoms with Gasteiger partial charge in [-0.25, -0.2) is 9.78 Å². The van der Waals surface area contributed by atoms with E-state index >= 15 is 0 Å². The number of urea groups is 1. The Morgan fingerprint density at radius 3 is 2.76 bits per heavy atom. The number of nitrogens with two attached hydrogens (primary N) is 1. The number of benzene rings is 1. The summed E-state index contributed by atoms with van der Waals surface area (Å²) in [6.45, 7) is 3.15. The number of nitrogen functional groups attached to an aromatic ring is 1. The topological polar surface area (TPSA) is 139 Å². The molecule has 188 valence electrons. The van der Waals surface area contributed by atoms with Crippen LogP contribution in [0.15, 0.2) is 53.2 Å². The molecule has 2 atom stereocenters. The third kappa shape index (κ3) is 4.51. The summed E-state index contributed by atoms with van der Waals surface area (Å²) in [5.74, 6) is 6.33. The van der Waals surface area contributed by atoms with Crippen molar-refractivity contribution < 1.29 is 19.1 Å². The van der Waals surface area contributed by atoms with E-state index in [1.165, 1.54) is 0 Å². The predicted octanol–water partition coefficient (Wildman–Crippen LogP) is 1.57. The zero-order valence-corrected chi connectivity index (χ0v) is 20.5. The number of nitrogens with zero attached hydrogens (tertiary/aromatic N) is 3. The summed E-state index contributed by atoms with van der Waals surface area (Å²) in [4.78, 5) is 48.2. The van der Waals surface area contributed by atoms with Crippen molar-refractivity contribution in [2.45, 2.75) is 30.8 Å². The van der Waals surface area contributed by atoms with Gasteiger partial charge in [-0.05, 0) is 29.3 Å². The van der Waals surface area contributed by atoms with Gasteiger partial charge in [0.1, 0.15) is 11.6 Å². The Morgan fingerprint density at radius 2 is 2.05 bits per heavy atom. The largest absolute Gasteiger partial charge is 0.497 e. The van der Waals surface area contributed by atoms with Gasteiger partial charge in [-0.3, -0.25) is 19.9 Å². The molecule has 1 aromatic carbocycles. The van der Waals surface area contributed by atoms with Crippen LogP contribution in [0.3, 0.4) is 0 Å². The van der Waals surface area contributed by atoms with E-state index in [0.717, 1.165) is 11.1 Å². The lowest BCUT2D eigenvalue weighted by Gasteiger charge is -2.27. The Bertz CT molecular complexity index is 1420. The number of imide groups is 1. The van der Waals surface area contributed by atoms with Crippen LogP contribution in [-0.2, 0) is 16.8 Å². The zero-order valence-electron chi connectivity index (χ0n) is 20.5. The normalized spacial score (nSPS) is 24.1. The first-order chi connectivity index (χ1) is 17.7. The van der Waals surface area contributed by atoms with Gasteiger partial charge in [0.25, 0.3) is 11.8 Å². The van der Waals surface area contributed by atoms with Crippen molar-refractivity contribution in [1.82, 2.24) is 20.5 Å². The smallest absolute Gasteiger partial charge is 0.323 e. The second-order valence-corrected chi connectivity index (χ2v) is 9.52. The highest BCUT2D eigenvalue weighted by molar-refractivity contribution is 6.09. The second kappa shape index (κ2) is 9.09. The molecule has 2 aromatic rings. The van der Waals surface area contributed by atoms with E-state index in [1.54, 1.807) is 42.6 Å². The first kappa shape index (κ1) is 24.1. The molecule has 2 unspecified atom stereocenters. The van der Waals surface area contributed by atoms with E-state index in [-0.39, 0.29) is 18.9 Å². The Labute approximate surface area is 214 Å². The number of rotatable bonds is 5. The number of aliphatic imine (C=N–C) groups is 1. The lowest BCUT2D eigenvalue weighted by Crippen LogP contribution is -2.48. The summed E-state index contributed by atoms with van der Waals surface area (Å²) in [5.41, 5.74) is 6.78. The second-order valence-electron chi connectivity index (χ2n) is 9.52. The molecule has 0 saturated carbocycles. The van der Waals surface area contributed by atoms with Crippen LogP contribution < -0.4 is 21.1 Å². The molecule has 3 aliphatic heterocycles. The minimum Gasteiger partial charge on any atom is -0.497 e. The molecule has 4 amide bonds. The molecular weight excluding hydrogens is 472 g/mol. The Morgan fingerprint density at radius 1 is 1.22 bits per heavy atom. The van der Waals surface area contributed by atoms with Gasteiger partial charge >= 0.3 is 6.03 Å². The maximum absolute atomic E-state index is 13.0. The molecule has 5 rings (SSSR count). The van der Waals surface area contributed by atoms with Crippen LogP contribution in [0.4, 0.5) is 10.6 Å². The van der Waals surface area contributed by atoms with E-state index in [4.69, 9.17) is 10.5 Å². The number of dihydropyridines is 1. The van der Waals surface area contributed by atoms with Gasteiger partial charge in [0, 0.05) is 48.5 Å². The van der Waals surface area contributed by atoms with Gasteiger partial charge in [-0.15, -0.1) is 0 Å². The van der Waals surface area contributed by atoms with Crippen molar-refractivity contribution >= 4 is 29.9 Å². The molecule has 1 fully saturated rings. The zero-order chi connectivity index (χ0) is 26.2. The van der Waals surface area contributed by atoms with E-state index < -0.39 is 22.9 Å². The highest BCUT2D eigenvalue weighted by atomic mass is 16.5. The molecule has 4 heterocycles. The monoisotopic (exact) mass is 498 g/mol. The molecule has 0 bridgehead atoms. The van der Waals surface area contributed by atoms with E-state index in [2.05, 4.69) is 32.5 Å². The summed E-state index contributed by atoms with van der Waals surface area (Å²) in [5, 5.41) is 4.94. The van der Waals surface area contributed by atoms with Gasteiger partial charge in [-0.2, -0.15) is 0 Å². The summed E-state index contributed by atoms with van der Waals surface area (Å²) >= 11 is 0. The first-order valence-electron chi connectivity index (χ1n) is 11.8.